The maximum absolute atomic E-state index is 12.5. The van der Waals surface area contributed by atoms with Gasteiger partial charge in [0, 0.05) is 6.54 Å². The van der Waals surface area contributed by atoms with Crippen molar-refractivity contribution in [3.05, 3.63) is 29.3 Å². The first-order valence-electron chi connectivity index (χ1n) is 6.47. The number of aryl methyl sites for hydroxylation is 1. The number of carbonyl (C=O) groups excluding carboxylic acids is 2. The van der Waals surface area contributed by atoms with E-state index in [0.717, 1.165) is 18.5 Å². The minimum absolute atomic E-state index is 0.0332. The van der Waals surface area contributed by atoms with Gasteiger partial charge in [-0.05, 0) is 30.4 Å². The fourth-order valence-corrected chi connectivity index (χ4v) is 2.91. The van der Waals surface area contributed by atoms with Crippen LogP contribution >= 0.6 is 0 Å². The number of hydrogen-bond donors (Lipinski definition) is 1. The third-order valence-electron chi connectivity index (χ3n) is 3.82. The zero-order chi connectivity index (χ0) is 13.4. The van der Waals surface area contributed by atoms with Crippen LogP contribution in [-0.2, 0) is 22.4 Å². The lowest BCUT2D eigenvalue weighted by molar-refractivity contribution is -0.120. The smallest absolute Gasteiger partial charge is 0.407 e. The summed E-state index contributed by atoms with van der Waals surface area (Å²) in [6.07, 6.45) is 1.74. The molecule has 0 aromatic heterocycles. The third-order valence-corrected chi connectivity index (χ3v) is 3.82. The predicted octanol–water partition coefficient (Wildman–Crippen LogP) is 1.25. The lowest BCUT2D eigenvalue weighted by Gasteiger charge is -2.21. The molecular weight excluding hydrogens is 244 g/mol. The zero-order valence-corrected chi connectivity index (χ0v) is 10.8. The van der Waals surface area contributed by atoms with E-state index in [4.69, 9.17) is 0 Å². The van der Waals surface area contributed by atoms with E-state index in [9.17, 15) is 9.59 Å². The van der Waals surface area contributed by atoms with Crippen LogP contribution in [0.3, 0.4) is 0 Å². The molecule has 0 bridgehead atoms. The third kappa shape index (κ3) is 1.95. The van der Waals surface area contributed by atoms with E-state index in [1.54, 1.807) is 4.90 Å². The highest BCUT2D eigenvalue weighted by atomic mass is 16.5. The van der Waals surface area contributed by atoms with Crippen LogP contribution in [0.2, 0.25) is 0 Å². The first-order chi connectivity index (χ1) is 9.20. The van der Waals surface area contributed by atoms with E-state index in [-0.39, 0.29) is 5.91 Å². The van der Waals surface area contributed by atoms with E-state index in [1.165, 1.54) is 18.2 Å². The Morgan fingerprint density at radius 1 is 1.37 bits per heavy atom. The predicted molar refractivity (Wildman–Crippen MR) is 70.1 cm³/mol. The number of carbonyl (C=O) groups is 2. The number of anilines is 1. The molecule has 0 unspecified atom stereocenters. The summed E-state index contributed by atoms with van der Waals surface area (Å²) in [4.78, 5) is 25.6. The Labute approximate surface area is 111 Å². The molecule has 0 fully saturated rings. The Morgan fingerprint density at radius 3 is 2.84 bits per heavy atom. The number of hydrogen-bond acceptors (Lipinski definition) is 3. The largest absolute Gasteiger partial charge is 0.453 e. The minimum Gasteiger partial charge on any atom is -0.453 e. The van der Waals surface area contributed by atoms with E-state index in [1.807, 2.05) is 6.07 Å². The van der Waals surface area contributed by atoms with Crippen molar-refractivity contribution in [1.29, 1.82) is 0 Å². The molecule has 1 aromatic carbocycles. The molecule has 1 aromatic rings. The normalized spacial score (nSPS) is 20.8. The van der Waals surface area contributed by atoms with E-state index >= 15 is 0 Å². The number of alkyl carbamates (subject to hydrolysis) is 1. The number of nitrogens with zero attached hydrogens (tertiary/aromatic N) is 1. The highest BCUT2D eigenvalue weighted by Gasteiger charge is 2.35. The summed E-state index contributed by atoms with van der Waals surface area (Å²) in [5.41, 5.74) is 3.48. The lowest BCUT2D eigenvalue weighted by Crippen LogP contribution is -2.47. The fraction of sp³-hybridized carbons (Fsp3) is 0.429. The summed E-state index contributed by atoms with van der Waals surface area (Å²) in [5, 5.41) is 2.63. The quantitative estimate of drug-likeness (QED) is 0.826. The molecule has 5 heteroatoms. The van der Waals surface area contributed by atoms with Crippen LogP contribution in [0.4, 0.5) is 10.5 Å². The minimum atomic E-state index is -0.552. The molecular formula is C14H16N2O3. The average molecular weight is 260 g/mol. The molecule has 0 saturated heterocycles. The van der Waals surface area contributed by atoms with Gasteiger partial charge in [0.05, 0.1) is 12.8 Å². The average Bonchev–Trinajstić information content (AvgIpc) is 2.81. The van der Waals surface area contributed by atoms with E-state index < -0.39 is 12.1 Å². The second-order valence-corrected chi connectivity index (χ2v) is 4.89. The van der Waals surface area contributed by atoms with Crippen LogP contribution in [0.1, 0.15) is 17.5 Å². The number of para-hydroxylation sites is 1. The molecule has 0 aliphatic carbocycles. The Morgan fingerprint density at radius 2 is 2.11 bits per heavy atom. The Bertz CT molecular complexity index is 541. The molecule has 0 radical (unpaired) electrons. The van der Waals surface area contributed by atoms with Crippen molar-refractivity contribution in [3.63, 3.8) is 0 Å². The molecule has 5 nitrogen and oxygen atoms in total. The van der Waals surface area contributed by atoms with Gasteiger partial charge in [-0.2, -0.15) is 0 Å². The zero-order valence-electron chi connectivity index (χ0n) is 10.8. The van der Waals surface area contributed by atoms with Crippen LogP contribution in [0.15, 0.2) is 18.2 Å². The molecule has 2 aliphatic rings. The first-order valence-corrected chi connectivity index (χ1v) is 6.47. The van der Waals surface area contributed by atoms with Crippen molar-refractivity contribution < 1.29 is 14.3 Å². The van der Waals surface area contributed by atoms with Gasteiger partial charge in [-0.1, -0.05) is 18.2 Å². The van der Waals surface area contributed by atoms with Gasteiger partial charge in [0.1, 0.15) is 6.04 Å². The molecule has 0 saturated carbocycles. The summed E-state index contributed by atoms with van der Waals surface area (Å²) in [7, 11) is 1.30. The molecule has 2 heterocycles. The molecule has 3 rings (SSSR count). The molecule has 2 aliphatic heterocycles. The number of amides is 2. The summed E-state index contributed by atoms with van der Waals surface area (Å²) in [6, 6.07) is 5.67. The second-order valence-electron chi connectivity index (χ2n) is 4.89. The van der Waals surface area contributed by atoms with Crippen molar-refractivity contribution in [2.75, 3.05) is 18.6 Å². The lowest BCUT2D eigenvalue weighted by atomic mass is 10.0. The van der Waals surface area contributed by atoms with Crippen molar-refractivity contribution in [2.24, 2.45) is 0 Å². The monoisotopic (exact) mass is 260 g/mol. The highest BCUT2D eigenvalue weighted by Crippen LogP contribution is 2.35. The van der Waals surface area contributed by atoms with Crippen molar-refractivity contribution in [1.82, 2.24) is 5.32 Å². The van der Waals surface area contributed by atoms with Gasteiger partial charge in [-0.3, -0.25) is 4.79 Å². The molecule has 19 heavy (non-hydrogen) atoms. The Balaban J connectivity index is 1.92. The number of methoxy groups -OCH3 is 1. The number of benzene rings is 1. The summed E-state index contributed by atoms with van der Waals surface area (Å²) >= 11 is 0. The Kier molecular flexibility index (Phi) is 2.89. The first kappa shape index (κ1) is 12.0. The molecule has 100 valence electrons. The molecule has 2 amide bonds. The fourth-order valence-electron chi connectivity index (χ4n) is 2.91. The van der Waals surface area contributed by atoms with Gasteiger partial charge in [0.25, 0.3) is 0 Å². The van der Waals surface area contributed by atoms with Crippen molar-refractivity contribution in [2.45, 2.75) is 25.3 Å². The van der Waals surface area contributed by atoms with Gasteiger partial charge in [-0.15, -0.1) is 0 Å². The standard InChI is InChI=1S/C14H16N2O3/c1-19-14(18)15-11-6-5-9-3-2-4-10-7-8-16(12(9)10)13(11)17/h2-4,11H,5-8H2,1H3,(H,15,18)/t11-/m0/s1. The van der Waals surface area contributed by atoms with Gasteiger partial charge < -0.3 is 15.0 Å². The van der Waals surface area contributed by atoms with E-state index in [0.29, 0.717) is 13.0 Å². The van der Waals surface area contributed by atoms with Crippen LogP contribution in [-0.4, -0.2) is 31.7 Å². The summed E-state index contributed by atoms with van der Waals surface area (Å²) < 4.78 is 4.58. The maximum atomic E-state index is 12.5. The van der Waals surface area contributed by atoms with E-state index in [2.05, 4.69) is 22.2 Å². The van der Waals surface area contributed by atoms with Gasteiger partial charge in [-0.25, -0.2) is 4.79 Å². The van der Waals surface area contributed by atoms with Gasteiger partial charge in [0.15, 0.2) is 0 Å². The Hall–Kier alpha value is -2.04. The van der Waals surface area contributed by atoms with Gasteiger partial charge >= 0.3 is 6.09 Å². The number of nitrogens with one attached hydrogen (secondary N) is 1. The molecule has 0 spiro atoms. The molecule has 1 atom stereocenters. The van der Waals surface area contributed by atoms with Crippen LogP contribution < -0.4 is 10.2 Å². The van der Waals surface area contributed by atoms with Crippen molar-refractivity contribution in [3.8, 4) is 0 Å². The van der Waals surface area contributed by atoms with Crippen LogP contribution in [0.25, 0.3) is 0 Å². The molecule has 1 N–H and O–H groups in total. The number of rotatable bonds is 1. The van der Waals surface area contributed by atoms with Gasteiger partial charge in [0.2, 0.25) is 5.91 Å². The summed E-state index contributed by atoms with van der Waals surface area (Å²) in [6.45, 7) is 0.699. The number of ether oxygens (including phenoxy) is 1. The van der Waals surface area contributed by atoms with Crippen LogP contribution in [0, 0.1) is 0 Å². The second kappa shape index (κ2) is 4.57. The topological polar surface area (TPSA) is 58.6 Å². The maximum Gasteiger partial charge on any atom is 0.407 e. The van der Waals surface area contributed by atoms with Crippen LogP contribution in [0.5, 0.6) is 0 Å². The summed E-state index contributed by atoms with van der Waals surface area (Å²) in [5.74, 6) is -0.0332. The highest BCUT2D eigenvalue weighted by molar-refractivity contribution is 6.01. The van der Waals surface area contributed by atoms with Crippen molar-refractivity contribution >= 4 is 17.7 Å². The SMILES string of the molecule is COC(=O)N[C@H]1CCc2cccc3c2N(CC3)C1=O.